The van der Waals surface area contributed by atoms with E-state index in [9.17, 15) is 9.18 Å². The van der Waals surface area contributed by atoms with Crippen molar-refractivity contribution >= 4 is 11.9 Å². The average Bonchev–Trinajstić information content (AvgIpc) is 3.46. The minimum absolute atomic E-state index is 0.133. The summed E-state index contributed by atoms with van der Waals surface area (Å²) in [6, 6.07) is 14.8. The van der Waals surface area contributed by atoms with Gasteiger partial charge in [0.05, 0.1) is 37.6 Å². The van der Waals surface area contributed by atoms with Crippen molar-refractivity contribution in [1.29, 1.82) is 0 Å². The largest absolute Gasteiger partial charge is 0.492 e. The van der Waals surface area contributed by atoms with Gasteiger partial charge in [-0.15, -0.1) is 0 Å². The monoisotopic (exact) mass is 547 g/mol. The molecule has 11 nitrogen and oxygen atoms in total. The van der Waals surface area contributed by atoms with Crippen LogP contribution >= 0.6 is 0 Å². The molecule has 3 heterocycles. The van der Waals surface area contributed by atoms with E-state index < -0.39 is 11.7 Å². The molecule has 40 heavy (non-hydrogen) atoms. The van der Waals surface area contributed by atoms with E-state index in [0.717, 1.165) is 5.56 Å². The Hall–Kier alpha value is -5.13. The Morgan fingerprint density at radius 1 is 1.02 bits per heavy atom. The molecule has 0 unspecified atom stereocenters. The Morgan fingerprint density at radius 2 is 1.90 bits per heavy atom. The molecule has 12 heteroatoms. The number of nitrogens with one attached hydrogen (secondary N) is 2. The van der Waals surface area contributed by atoms with Crippen molar-refractivity contribution in [2.45, 2.75) is 6.54 Å². The molecule has 1 amide bonds. The Balaban J connectivity index is 1.35. The standard InChI is InChI=1S/C28H26FN5O6/c1-36-24-9-7-20(27(33-24)37-2)25-21(26(35)30-10-11-38-19-5-3-4-18(29)13-19)15-32-28(34-25)31-14-17-6-8-22-23(12-17)40-16-39-22/h3-9,12-13,15H,10-11,14,16H2,1-2H3,(H,30,35)(H,31,32,34). The van der Waals surface area contributed by atoms with E-state index in [1.54, 1.807) is 24.3 Å². The van der Waals surface area contributed by atoms with Gasteiger partial charge in [-0.1, -0.05) is 12.1 Å². The number of ether oxygens (including phenoxy) is 5. The molecular weight excluding hydrogens is 521 g/mol. The lowest BCUT2D eigenvalue weighted by Gasteiger charge is -2.14. The first kappa shape index (κ1) is 26.5. The van der Waals surface area contributed by atoms with Gasteiger partial charge in [0.2, 0.25) is 24.5 Å². The summed E-state index contributed by atoms with van der Waals surface area (Å²) >= 11 is 0. The van der Waals surface area contributed by atoms with E-state index in [0.29, 0.717) is 40.9 Å². The summed E-state index contributed by atoms with van der Waals surface area (Å²) in [6.45, 7) is 0.888. The van der Waals surface area contributed by atoms with Gasteiger partial charge in [-0.05, 0) is 35.9 Å². The normalized spacial score (nSPS) is 11.6. The van der Waals surface area contributed by atoms with Crippen LogP contribution in [-0.2, 0) is 6.54 Å². The van der Waals surface area contributed by atoms with Crippen molar-refractivity contribution < 1.29 is 32.9 Å². The number of amides is 1. The topological polar surface area (TPSA) is 126 Å². The second-order valence-corrected chi connectivity index (χ2v) is 8.47. The van der Waals surface area contributed by atoms with Crippen molar-refractivity contribution in [3.63, 3.8) is 0 Å². The maximum atomic E-state index is 13.4. The molecule has 1 aliphatic heterocycles. The molecule has 1 aliphatic rings. The molecule has 0 bridgehead atoms. The van der Waals surface area contributed by atoms with Crippen molar-refractivity contribution in [3.05, 3.63) is 77.7 Å². The van der Waals surface area contributed by atoms with Crippen LogP contribution in [0.4, 0.5) is 10.3 Å². The number of carbonyl (C=O) groups is 1. The van der Waals surface area contributed by atoms with Crippen LogP contribution in [0.15, 0.2) is 60.8 Å². The van der Waals surface area contributed by atoms with Gasteiger partial charge in [-0.2, -0.15) is 4.98 Å². The van der Waals surface area contributed by atoms with Gasteiger partial charge < -0.3 is 34.3 Å². The lowest BCUT2D eigenvalue weighted by atomic mass is 10.1. The zero-order valence-electron chi connectivity index (χ0n) is 21.8. The summed E-state index contributed by atoms with van der Waals surface area (Å²) < 4.78 is 40.4. The number of methoxy groups -OCH3 is 2. The Labute approximate surface area is 229 Å². The third kappa shape index (κ3) is 6.12. The molecule has 5 rings (SSSR count). The van der Waals surface area contributed by atoms with Gasteiger partial charge >= 0.3 is 0 Å². The highest BCUT2D eigenvalue weighted by atomic mass is 19.1. The van der Waals surface area contributed by atoms with Gasteiger partial charge in [-0.25, -0.2) is 14.4 Å². The molecule has 0 fully saturated rings. The first-order chi connectivity index (χ1) is 19.5. The Kier molecular flexibility index (Phi) is 8.05. The van der Waals surface area contributed by atoms with Crippen molar-refractivity contribution in [3.8, 4) is 40.3 Å². The molecule has 0 atom stereocenters. The maximum absolute atomic E-state index is 13.4. The summed E-state index contributed by atoms with van der Waals surface area (Å²) in [4.78, 5) is 26.5. The molecule has 0 aliphatic carbocycles. The van der Waals surface area contributed by atoms with Crippen LogP contribution in [0.3, 0.4) is 0 Å². The Morgan fingerprint density at radius 3 is 2.73 bits per heavy atom. The third-order valence-corrected chi connectivity index (χ3v) is 5.87. The number of fused-ring (bicyclic) bond motifs is 1. The van der Waals surface area contributed by atoms with E-state index in [1.807, 2.05) is 18.2 Å². The smallest absolute Gasteiger partial charge is 0.255 e. The van der Waals surface area contributed by atoms with Gasteiger partial charge in [-0.3, -0.25) is 4.79 Å². The van der Waals surface area contributed by atoms with E-state index >= 15 is 0 Å². The predicted octanol–water partition coefficient (Wildman–Crippen LogP) is 3.84. The molecule has 2 N–H and O–H groups in total. The zero-order chi connectivity index (χ0) is 27.9. The average molecular weight is 548 g/mol. The van der Waals surface area contributed by atoms with E-state index in [4.69, 9.17) is 23.7 Å². The van der Waals surface area contributed by atoms with E-state index in [-0.39, 0.29) is 37.3 Å². The molecule has 4 aromatic rings. The fourth-order valence-electron chi connectivity index (χ4n) is 3.93. The van der Waals surface area contributed by atoms with Crippen LogP contribution < -0.4 is 34.3 Å². The summed E-state index contributed by atoms with van der Waals surface area (Å²) in [7, 11) is 2.96. The predicted molar refractivity (Wildman–Crippen MR) is 142 cm³/mol. The lowest BCUT2D eigenvalue weighted by Crippen LogP contribution is -2.29. The zero-order valence-corrected chi connectivity index (χ0v) is 21.8. The number of anilines is 1. The van der Waals surface area contributed by atoms with Crippen LogP contribution in [0, 0.1) is 5.82 Å². The Bertz CT molecular complexity index is 1520. The number of benzene rings is 2. The van der Waals surface area contributed by atoms with Crippen LogP contribution in [0.2, 0.25) is 0 Å². The van der Waals surface area contributed by atoms with Crippen LogP contribution in [0.25, 0.3) is 11.3 Å². The van der Waals surface area contributed by atoms with E-state index in [2.05, 4.69) is 25.6 Å². The second kappa shape index (κ2) is 12.2. The summed E-state index contributed by atoms with van der Waals surface area (Å²) in [5, 5.41) is 5.96. The first-order valence-corrected chi connectivity index (χ1v) is 12.3. The number of hydrogen-bond donors (Lipinski definition) is 2. The highest BCUT2D eigenvalue weighted by Crippen LogP contribution is 2.34. The number of aromatic nitrogens is 3. The van der Waals surface area contributed by atoms with E-state index in [1.165, 1.54) is 32.5 Å². The first-order valence-electron chi connectivity index (χ1n) is 12.3. The second-order valence-electron chi connectivity index (χ2n) is 8.47. The van der Waals surface area contributed by atoms with Crippen LogP contribution in [-0.4, -0.2) is 55.0 Å². The number of halogens is 1. The highest BCUT2D eigenvalue weighted by molar-refractivity contribution is 6.00. The summed E-state index contributed by atoms with van der Waals surface area (Å²) in [5.41, 5.74) is 1.90. The number of pyridine rings is 1. The number of nitrogens with zero attached hydrogens (tertiary/aromatic N) is 3. The summed E-state index contributed by atoms with van der Waals surface area (Å²) in [6.07, 6.45) is 1.43. The fourth-order valence-corrected chi connectivity index (χ4v) is 3.93. The van der Waals surface area contributed by atoms with Crippen molar-refractivity contribution in [1.82, 2.24) is 20.3 Å². The van der Waals surface area contributed by atoms with Crippen molar-refractivity contribution in [2.75, 3.05) is 39.5 Å². The van der Waals surface area contributed by atoms with Gasteiger partial charge in [0.15, 0.2) is 11.5 Å². The molecule has 206 valence electrons. The number of rotatable bonds is 11. The molecule has 0 saturated heterocycles. The quantitative estimate of drug-likeness (QED) is 0.268. The van der Waals surface area contributed by atoms with Gasteiger partial charge in [0, 0.05) is 24.9 Å². The minimum atomic E-state index is -0.432. The third-order valence-electron chi connectivity index (χ3n) is 5.87. The SMILES string of the molecule is COc1ccc(-c2nc(NCc3ccc4c(c3)OCO4)ncc2C(=O)NCCOc2cccc(F)c2)c(OC)n1. The fraction of sp³-hybridized carbons (Fsp3) is 0.214. The highest BCUT2D eigenvalue weighted by Gasteiger charge is 2.21. The molecule has 0 spiro atoms. The molecule has 0 radical (unpaired) electrons. The maximum Gasteiger partial charge on any atom is 0.255 e. The lowest BCUT2D eigenvalue weighted by molar-refractivity contribution is 0.0947. The van der Waals surface area contributed by atoms with Gasteiger partial charge in [0.25, 0.3) is 5.91 Å². The molecular formula is C28H26FN5O6. The number of hydrogen-bond acceptors (Lipinski definition) is 10. The number of carbonyl (C=O) groups excluding carboxylic acids is 1. The van der Waals surface area contributed by atoms with Crippen LogP contribution in [0.1, 0.15) is 15.9 Å². The minimum Gasteiger partial charge on any atom is -0.492 e. The van der Waals surface area contributed by atoms with Crippen molar-refractivity contribution in [2.24, 2.45) is 0 Å². The van der Waals surface area contributed by atoms with Gasteiger partial charge in [0.1, 0.15) is 18.2 Å². The summed E-state index contributed by atoms with van der Waals surface area (Å²) in [5.74, 6) is 1.75. The molecule has 0 saturated carbocycles. The van der Waals surface area contributed by atoms with Crippen LogP contribution in [0.5, 0.6) is 29.0 Å². The molecule has 2 aromatic carbocycles. The molecule has 2 aromatic heterocycles.